The number of nitrogens with zero attached hydrogens (tertiary/aromatic N) is 1. The molecule has 1 heterocycles. The summed E-state index contributed by atoms with van der Waals surface area (Å²) in [4.78, 5) is 13.8. The molecule has 1 fully saturated rings. The number of hydrogen-bond donors (Lipinski definition) is 6. The molecule has 0 bridgehead atoms. The highest BCUT2D eigenvalue weighted by Gasteiger charge is 2.24. The number of aliphatic hydroxyl groups excluding tert-OH is 4. The maximum absolute atomic E-state index is 12.0. The van der Waals surface area contributed by atoms with Crippen molar-refractivity contribution in [3.05, 3.63) is 0 Å². The normalized spacial score (nSPS) is 20.7. The number of rotatable bonds is 9. The summed E-state index contributed by atoms with van der Waals surface area (Å²) in [5, 5.41) is 39.8. The number of likely N-dealkylation sites (tertiary alicyclic amines) is 1. The molecule has 0 aromatic carbocycles. The molecule has 8 nitrogen and oxygen atoms in total. The van der Waals surface area contributed by atoms with Crippen molar-refractivity contribution >= 4 is 5.91 Å². The van der Waals surface area contributed by atoms with Crippen molar-refractivity contribution in [1.82, 2.24) is 10.2 Å². The molecule has 0 spiro atoms. The minimum atomic E-state index is -1.41. The van der Waals surface area contributed by atoms with Crippen LogP contribution in [0, 0.1) is 5.92 Å². The van der Waals surface area contributed by atoms with E-state index >= 15 is 0 Å². The van der Waals surface area contributed by atoms with E-state index in [0.717, 1.165) is 25.9 Å². The van der Waals surface area contributed by atoms with Gasteiger partial charge in [0.25, 0.3) is 0 Å². The largest absolute Gasteiger partial charge is 0.394 e. The van der Waals surface area contributed by atoms with Crippen molar-refractivity contribution in [1.29, 1.82) is 0 Å². The van der Waals surface area contributed by atoms with Crippen molar-refractivity contribution in [2.24, 2.45) is 11.7 Å². The van der Waals surface area contributed by atoms with E-state index < -0.39 is 24.9 Å². The molecule has 0 aromatic rings. The van der Waals surface area contributed by atoms with Gasteiger partial charge < -0.3 is 36.4 Å². The molecule has 0 aromatic heterocycles. The highest BCUT2D eigenvalue weighted by Crippen LogP contribution is 2.16. The second kappa shape index (κ2) is 10.1. The Balaban J connectivity index is 2.15. The molecule has 7 N–H and O–H groups in total. The van der Waals surface area contributed by atoms with Crippen molar-refractivity contribution in [3.63, 3.8) is 0 Å². The first-order chi connectivity index (χ1) is 10.5. The number of hydrogen-bond acceptors (Lipinski definition) is 7. The van der Waals surface area contributed by atoms with Crippen LogP contribution in [0.5, 0.6) is 0 Å². The molecule has 1 amide bonds. The lowest BCUT2D eigenvalue weighted by atomic mass is 9.97. The Kier molecular flexibility index (Phi) is 8.84. The Bertz CT molecular complexity index is 324. The van der Waals surface area contributed by atoms with Gasteiger partial charge in [-0.1, -0.05) is 0 Å². The Labute approximate surface area is 130 Å². The molecule has 0 radical (unpaired) electrons. The van der Waals surface area contributed by atoms with E-state index in [1.807, 2.05) is 4.90 Å². The van der Waals surface area contributed by atoms with Gasteiger partial charge in [0.15, 0.2) is 0 Å². The third-order valence-electron chi connectivity index (χ3n) is 4.15. The molecule has 0 aliphatic carbocycles. The quantitative estimate of drug-likeness (QED) is 0.253. The summed E-state index contributed by atoms with van der Waals surface area (Å²) in [5.41, 5.74) is 5.62. The van der Waals surface area contributed by atoms with Gasteiger partial charge in [-0.3, -0.25) is 4.79 Å². The summed E-state index contributed by atoms with van der Waals surface area (Å²) in [6, 6.07) is 0. The lowest BCUT2D eigenvalue weighted by molar-refractivity contribution is -0.132. The topological polar surface area (TPSA) is 139 Å². The third kappa shape index (κ3) is 6.15. The van der Waals surface area contributed by atoms with Gasteiger partial charge in [-0.25, -0.2) is 0 Å². The molecule has 8 heteroatoms. The molecule has 0 saturated carbocycles. The van der Waals surface area contributed by atoms with Gasteiger partial charge in [0.2, 0.25) is 5.91 Å². The van der Waals surface area contributed by atoms with E-state index in [1.165, 1.54) is 0 Å². The number of nitrogens with two attached hydrogens (primary N) is 1. The van der Waals surface area contributed by atoms with Crippen LogP contribution in [0.15, 0.2) is 0 Å². The fourth-order valence-electron chi connectivity index (χ4n) is 2.51. The van der Waals surface area contributed by atoms with Crippen molar-refractivity contribution in [2.75, 3.05) is 39.3 Å². The number of carbonyl (C=O) groups excluding carboxylic acids is 1. The second-order valence-corrected chi connectivity index (χ2v) is 5.82. The van der Waals surface area contributed by atoms with Crippen LogP contribution in [0.2, 0.25) is 0 Å². The van der Waals surface area contributed by atoms with Crippen LogP contribution in [0.3, 0.4) is 0 Å². The van der Waals surface area contributed by atoms with Crippen LogP contribution >= 0.6 is 0 Å². The summed E-state index contributed by atoms with van der Waals surface area (Å²) in [7, 11) is 0. The van der Waals surface area contributed by atoms with Gasteiger partial charge in [0, 0.05) is 32.6 Å². The lowest BCUT2D eigenvalue weighted by Crippen LogP contribution is -2.45. The third-order valence-corrected chi connectivity index (χ3v) is 4.15. The molecule has 130 valence electrons. The van der Waals surface area contributed by atoms with E-state index in [2.05, 4.69) is 5.32 Å². The molecule has 1 aliphatic rings. The highest BCUT2D eigenvalue weighted by molar-refractivity contribution is 5.76. The van der Waals surface area contributed by atoms with Gasteiger partial charge in [-0.15, -0.1) is 0 Å². The number of aliphatic hydroxyl groups is 4. The van der Waals surface area contributed by atoms with E-state index in [9.17, 15) is 20.1 Å². The maximum Gasteiger partial charge on any atom is 0.223 e. The first-order valence-electron chi connectivity index (χ1n) is 7.83. The summed E-state index contributed by atoms with van der Waals surface area (Å²) in [5.74, 6) is 0.574. The van der Waals surface area contributed by atoms with Gasteiger partial charge in [-0.2, -0.15) is 0 Å². The van der Waals surface area contributed by atoms with Gasteiger partial charge >= 0.3 is 0 Å². The standard InChI is InChI=1S/C14H29N3O5/c15-7-10-2-5-17(6-3-10)13(21)1-4-16-8-11(19)14(22)12(20)9-18/h10-12,14,16,18-20,22H,1-9,15H2. The Hall–Kier alpha value is -0.770. The van der Waals surface area contributed by atoms with Crippen molar-refractivity contribution < 1.29 is 25.2 Å². The zero-order valence-corrected chi connectivity index (χ0v) is 12.9. The van der Waals surface area contributed by atoms with E-state index in [-0.39, 0.29) is 12.5 Å². The van der Waals surface area contributed by atoms with Crippen molar-refractivity contribution in [3.8, 4) is 0 Å². The minimum Gasteiger partial charge on any atom is -0.394 e. The van der Waals surface area contributed by atoms with E-state index in [0.29, 0.717) is 25.4 Å². The van der Waals surface area contributed by atoms with Gasteiger partial charge in [0.05, 0.1) is 12.7 Å². The summed E-state index contributed by atoms with van der Waals surface area (Å²) >= 11 is 0. The Morgan fingerprint density at radius 1 is 1.23 bits per heavy atom. The number of piperidine rings is 1. The SMILES string of the molecule is NCC1CCN(C(=O)CCNCC(O)C(O)C(O)CO)CC1. The van der Waals surface area contributed by atoms with Crippen LogP contribution in [-0.4, -0.2) is 88.9 Å². The van der Waals surface area contributed by atoms with Crippen molar-refractivity contribution in [2.45, 2.75) is 37.6 Å². The highest BCUT2D eigenvalue weighted by atomic mass is 16.4. The predicted molar refractivity (Wildman–Crippen MR) is 81.0 cm³/mol. The first-order valence-corrected chi connectivity index (χ1v) is 7.83. The van der Waals surface area contributed by atoms with Gasteiger partial charge in [-0.05, 0) is 25.3 Å². The second-order valence-electron chi connectivity index (χ2n) is 5.82. The average Bonchev–Trinajstić information content (AvgIpc) is 2.56. The molecule has 1 rings (SSSR count). The molecular formula is C14H29N3O5. The zero-order chi connectivity index (χ0) is 16.5. The molecule has 1 aliphatic heterocycles. The summed E-state index contributed by atoms with van der Waals surface area (Å²) in [6.45, 7) is 1.96. The number of nitrogens with one attached hydrogen (secondary N) is 1. The lowest BCUT2D eigenvalue weighted by Gasteiger charge is -2.31. The average molecular weight is 319 g/mol. The van der Waals surface area contributed by atoms with Crippen LogP contribution in [0.25, 0.3) is 0 Å². The van der Waals surface area contributed by atoms with Crippen LogP contribution in [0.1, 0.15) is 19.3 Å². The zero-order valence-electron chi connectivity index (χ0n) is 12.9. The molecule has 3 atom stereocenters. The number of amides is 1. The molecular weight excluding hydrogens is 290 g/mol. The molecule has 22 heavy (non-hydrogen) atoms. The number of carbonyl (C=O) groups is 1. The Morgan fingerprint density at radius 3 is 2.41 bits per heavy atom. The van der Waals surface area contributed by atoms with E-state index in [1.54, 1.807) is 0 Å². The van der Waals surface area contributed by atoms with Crippen LogP contribution in [0.4, 0.5) is 0 Å². The monoisotopic (exact) mass is 319 g/mol. The fourth-order valence-corrected chi connectivity index (χ4v) is 2.51. The minimum absolute atomic E-state index is 0.0424. The van der Waals surface area contributed by atoms with Crippen LogP contribution in [-0.2, 0) is 4.79 Å². The van der Waals surface area contributed by atoms with Crippen LogP contribution < -0.4 is 11.1 Å². The maximum atomic E-state index is 12.0. The summed E-state index contributed by atoms with van der Waals surface area (Å²) < 4.78 is 0. The first kappa shape index (κ1) is 19.3. The summed E-state index contributed by atoms with van der Waals surface area (Å²) in [6.07, 6.45) is -1.78. The molecule has 3 unspecified atom stereocenters. The van der Waals surface area contributed by atoms with E-state index in [4.69, 9.17) is 10.8 Å². The smallest absolute Gasteiger partial charge is 0.223 e. The van der Waals surface area contributed by atoms with Gasteiger partial charge in [0.1, 0.15) is 12.2 Å². The fraction of sp³-hybridized carbons (Fsp3) is 0.929. The Morgan fingerprint density at radius 2 is 1.86 bits per heavy atom. The molecule has 1 saturated heterocycles. The predicted octanol–water partition coefficient (Wildman–Crippen LogP) is -2.76.